The van der Waals surface area contributed by atoms with Gasteiger partial charge in [0.25, 0.3) is 0 Å². The number of hydrogen-bond donors (Lipinski definition) is 4. The SMILES string of the molecule is COC1=C[C@]23CCCN2CCc2cc4c(cc2[C@@H]3[C@@H]1OC(=O)[C@@](O)(CCC(C)(C)O)[C@H](O)C(=O)O)OCO4. The van der Waals surface area contributed by atoms with E-state index < -0.39 is 53.2 Å². The summed E-state index contributed by atoms with van der Waals surface area (Å²) in [5.74, 6) is -1.88. The standard InChI is InChI=1S/C27H35NO10/c1-25(2,33)7-8-27(34,22(29)23(30)31)24(32)38-21-19(35-3)13-26-6-4-9-28(26)10-5-15-11-17-18(37-14-36-17)12-16(15)20(21)26/h11-13,20-22,29,33-34H,4-10,14H2,1-3H3,(H,30,31)/t20-,21-,22-,26+,27-/m1/s1. The number of carbonyl (C=O) groups excluding carboxylic acids is 1. The highest BCUT2D eigenvalue weighted by molar-refractivity contribution is 5.88. The first-order valence-electron chi connectivity index (χ1n) is 12.9. The van der Waals surface area contributed by atoms with Gasteiger partial charge in [0.05, 0.1) is 24.2 Å². The van der Waals surface area contributed by atoms with E-state index in [1.165, 1.54) is 21.0 Å². The van der Waals surface area contributed by atoms with Gasteiger partial charge in [-0.15, -0.1) is 0 Å². The van der Waals surface area contributed by atoms with Crippen LogP contribution in [0.2, 0.25) is 0 Å². The number of rotatable bonds is 8. The molecular weight excluding hydrogens is 498 g/mol. The number of benzene rings is 1. The molecule has 1 fully saturated rings. The van der Waals surface area contributed by atoms with E-state index in [0.29, 0.717) is 17.3 Å². The van der Waals surface area contributed by atoms with Gasteiger partial charge in [0.1, 0.15) is 5.76 Å². The normalized spacial score (nSPS) is 28.3. The van der Waals surface area contributed by atoms with Crippen molar-refractivity contribution in [2.45, 2.75) is 80.8 Å². The Labute approximate surface area is 220 Å². The molecule has 3 heterocycles. The van der Waals surface area contributed by atoms with Gasteiger partial charge in [-0.25, -0.2) is 9.59 Å². The molecule has 3 aliphatic heterocycles. The number of fused-ring (bicyclic) bond motifs is 3. The number of methoxy groups -OCH3 is 1. The lowest BCUT2D eigenvalue weighted by Crippen LogP contribution is -2.56. The molecule has 0 amide bonds. The Morgan fingerprint density at radius 1 is 1.18 bits per heavy atom. The second kappa shape index (κ2) is 9.41. The molecule has 1 aromatic rings. The largest absolute Gasteiger partial charge is 0.497 e. The summed E-state index contributed by atoms with van der Waals surface area (Å²) >= 11 is 0. The second-order valence-electron chi connectivity index (χ2n) is 11.3. The van der Waals surface area contributed by atoms with Crippen molar-refractivity contribution in [3.8, 4) is 11.5 Å². The van der Waals surface area contributed by atoms with E-state index in [0.717, 1.165) is 43.5 Å². The predicted molar refractivity (Wildman–Crippen MR) is 132 cm³/mol. The van der Waals surface area contributed by atoms with Crippen LogP contribution in [-0.4, -0.2) is 93.2 Å². The number of nitrogens with zero attached hydrogens (tertiary/aromatic N) is 1. The lowest BCUT2D eigenvalue weighted by atomic mass is 9.77. The molecule has 0 bridgehead atoms. The summed E-state index contributed by atoms with van der Waals surface area (Å²) in [4.78, 5) is 27.6. The van der Waals surface area contributed by atoms with Crippen molar-refractivity contribution in [2.75, 3.05) is 27.0 Å². The fourth-order valence-corrected chi connectivity index (χ4v) is 6.36. The Morgan fingerprint density at radius 3 is 2.55 bits per heavy atom. The van der Waals surface area contributed by atoms with Crippen molar-refractivity contribution in [3.63, 3.8) is 0 Å². The molecule has 0 radical (unpaired) electrons. The van der Waals surface area contributed by atoms with Gasteiger partial charge in [0.15, 0.2) is 29.3 Å². The van der Waals surface area contributed by atoms with Gasteiger partial charge in [0, 0.05) is 6.54 Å². The summed E-state index contributed by atoms with van der Waals surface area (Å²) in [6.07, 6.45) is 0.290. The van der Waals surface area contributed by atoms with Gasteiger partial charge in [-0.05, 0) is 81.8 Å². The highest BCUT2D eigenvalue weighted by atomic mass is 16.7. The van der Waals surface area contributed by atoms with E-state index >= 15 is 0 Å². The van der Waals surface area contributed by atoms with Crippen LogP contribution in [-0.2, 0) is 25.5 Å². The van der Waals surface area contributed by atoms with Crippen LogP contribution in [0.5, 0.6) is 11.5 Å². The number of aliphatic carboxylic acids is 1. The number of carbonyl (C=O) groups is 2. The first-order valence-corrected chi connectivity index (χ1v) is 12.9. The van der Waals surface area contributed by atoms with Crippen molar-refractivity contribution in [1.29, 1.82) is 0 Å². The minimum atomic E-state index is -2.79. The molecule has 0 saturated carbocycles. The third-order valence-electron chi connectivity index (χ3n) is 8.36. The Bertz CT molecular complexity index is 1160. The number of ether oxygens (including phenoxy) is 4. The van der Waals surface area contributed by atoms with Crippen LogP contribution < -0.4 is 9.47 Å². The summed E-state index contributed by atoms with van der Waals surface area (Å²) in [6, 6.07) is 3.86. The van der Waals surface area contributed by atoms with Gasteiger partial charge in [-0.3, -0.25) is 4.90 Å². The van der Waals surface area contributed by atoms with Crippen molar-refractivity contribution in [3.05, 3.63) is 35.1 Å². The third kappa shape index (κ3) is 4.31. The van der Waals surface area contributed by atoms with Crippen LogP contribution >= 0.6 is 0 Å². The maximum absolute atomic E-state index is 13.6. The highest BCUT2D eigenvalue weighted by Gasteiger charge is 2.59. The molecule has 1 spiro atoms. The molecule has 38 heavy (non-hydrogen) atoms. The molecule has 4 N–H and O–H groups in total. The van der Waals surface area contributed by atoms with Crippen molar-refractivity contribution in [1.82, 2.24) is 4.90 Å². The van der Waals surface area contributed by atoms with Crippen LogP contribution in [0.4, 0.5) is 0 Å². The van der Waals surface area contributed by atoms with E-state index in [9.17, 15) is 30.0 Å². The molecule has 1 aliphatic carbocycles. The fourth-order valence-electron chi connectivity index (χ4n) is 6.36. The molecule has 11 nitrogen and oxygen atoms in total. The van der Waals surface area contributed by atoms with Crippen molar-refractivity contribution >= 4 is 11.9 Å². The zero-order valence-corrected chi connectivity index (χ0v) is 21.8. The van der Waals surface area contributed by atoms with E-state index in [2.05, 4.69) is 4.90 Å². The fraction of sp³-hybridized carbons (Fsp3) is 0.630. The number of hydrogen-bond acceptors (Lipinski definition) is 10. The number of aliphatic hydroxyl groups excluding tert-OH is 1. The third-order valence-corrected chi connectivity index (χ3v) is 8.36. The van der Waals surface area contributed by atoms with E-state index in [1.807, 2.05) is 18.2 Å². The Balaban J connectivity index is 1.56. The lowest BCUT2D eigenvalue weighted by molar-refractivity contribution is -0.195. The molecule has 0 aromatic heterocycles. The number of carboxylic acids is 1. The molecule has 1 aromatic carbocycles. The summed E-state index contributed by atoms with van der Waals surface area (Å²) in [7, 11) is 1.47. The Kier molecular flexibility index (Phi) is 6.62. The van der Waals surface area contributed by atoms with Crippen LogP contribution in [0.15, 0.2) is 24.0 Å². The van der Waals surface area contributed by atoms with Crippen LogP contribution in [0.25, 0.3) is 0 Å². The average Bonchev–Trinajstić information content (AvgIpc) is 3.55. The molecule has 5 rings (SSSR count). The quantitative estimate of drug-likeness (QED) is 0.355. The van der Waals surface area contributed by atoms with Crippen molar-refractivity contribution in [2.24, 2.45) is 0 Å². The smallest absolute Gasteiger partial charge is 0.342 e. The average molecular weight is 534 g/mol. The van der Waals surface area contributed by atoms with Gasteiger partial charge in [-0.1, -0.05) is 0 Å². The van der Waals surface area contributed by atoms with Crippen LogP contribution in [0.1, 0.15) is 56.6 Å². The summed E-state index contributed by atoms with van der Waals surface area (Å²) in [5, 5.41) is 41.3. The molecule has 5 atom stereocenters. The molecule has 4 aliphatic rings. The van der Waals surface area contributed by atoms with Gasteiger partial charge in [0.2, 0.25) is 6.79 Å². The van der Waals surface area contributed by atoms with Gasteiger partial charge < -0.3 is 39.4 Å². The monoisotopic (exact) mass is 533 g/mol. The molecular formula is C27H35NO10. The zero-order valence-electron chi connectivity index (χ0n) is 21.8. The lowest BCUT2D eigenvalue weighted by Gasteiger charge is -2.40. The zero-order chi connectivity index (χ0) is 27.5. The maximum atomic E-state index is 13.6. The number of aliphatic hydroxyl groups is 3. The first-order chi connectivity index (χ1) is 17.9. The Morgan fingerprint density at radius 2 is 1.89 bits per heavy atom. The predicted octanol–water partition coefficient (Wildman–Crippen LogP) is 1.07. The summed E-state index contributed by atoms with van der Waals surface area (Å²) < 4.78 is 22.9. The van der Waals surface area contributed by atoms with E-state index in [-0.39, 0.29) is 13.2 Å². The molecule has 11 heteroatoms. The van der Waals surface area contributed by atoms with Crippen molar-refractivity contribution < 1.29 is 49.0 Å². The topological polar surface area (TPSA) is 155 Å². The molecule has 1 saturated heterocycles. The minimum absolute atomic E-state index is 0.113. The van der Waals surface area contributed by atoms with Gasteiger partial charge >= 0.3 is 11.9 Å². The van der Waals surface area contributed by atoms with Crippen LogP contribution in [0.3, 0.4) is 0 Å². The number of esters is 1. The first kappa shape index (κ1) is 26.7. The minimum Gasteiger partial charge on any atom is -0.497 e. The highest BCUT2D eigenvalue weighted by Crippen LogP contribution is 2.55. The van der Waals surface area contributed by atoms with Gasteiger partial charge in [-0.2, -0.15) is 0 Å². The van der Waals surface area contributed by atoms with Crippen LogP contribution in [0, 0.1) is 0 Å². The Hall–Kier alpha value is -2.86. The summed E-state index contributed by atoms with van der Waals surface area (Å²) in [6.45, 7) is 4.64. The molecule has 0 unspecified atom stereocenters. The maximum Gasteiger partial charge on any atom is 0.342 e. The summed E-state index contributed by atoms with van der Waals surface area (Å²) in [5.41, 5.74) is -2.72. The molecule has 208 valence electrons. The second-order valence-corrected chi connectivity index (χ2v) is 11.3. The van der Waals surface area contributed by atoms with E-state index in [1.54, 1.807) is 0 Å². The number of carboxylic acid groups (broad SMARTS) is 1. The van der Waals surface area contributed by atoms with E-state index in [4.69, 9.17) is 18.9 Å².